The third-order valence-corrected chi connectivity index (χ3v) is 2.83. The first-order valence-electron chi connectivity index (χ1n) is 6.21. The third-order valence-electron chi connectivity index (χ3n) is 2.83. The number of pyridine rings is 1. The van der Waals surface area contributed by atoms with Crippen molar-refractivity contribution in [1.29, 1.82) is 0 Å². The lowest BCUT2D eigenvalue weighted by atomic mass is 10.1. The van der Waals surface area contributed by atoms with E-state index in [-0.39, 0.29) is 22.7 Å². The minimum absolute atomic E-state index is 0.164. The molecule has 1 heterocycles. The Morgan fingerprint density at radius 1 is 1.41 bits per heavy atom. The number of carbonyl (C=O) groups excluding carboxylic acids is 1. The Kier molecular flexibility index (Phi) is 4.42. The number of nitrogens with one attached hydrogen (secondary N) is 1. The molecule has 8 heteroatoms. The number of phenolic OH excluding ortho intramolecular Hbond substituents is 1. The van der Waals surface area contributed by atoms with Crippen molar-refractivity contribution in [3.05, 3.63) is 64.0 Å². The number of nitro benzene ring substituents is 1. The Hall–Kier alpha value is -3.29. The summed E-state index contributed by atoms with van der Waals surface area (Å²) >= 11 is 0. The molecule has 2 rings (SSSR count). The molecule has 1 aromatic carbocycles. The van der Waals surface area contributed by atoms with Crippen LogP contribution in [0.15, 0.2) is 47.8 Å². The van der Waals surface area contributed by atoms with Crippen molar-refractivity contribution < 1.29 is 14.8 Å². The summed E-state index contributed by atoms with van der Waals surface area (Å²) in [5.41, 5.74) is 2.85. The van der Waals surface area contributed by atoms with Crippen molar-refractivity contribution in [2.45, 2.75) is 6.92 Å². The molecule has 2 aromatic rings. The lowest BCUT2D eigenvalue weighted by molar-refractivity contribution is -0.384. The van der Waals surface area contributed by atoms with Crippen molar-refractivity contribution in [2.75, 3.05) is 0 Å². The van der Waals surface area contributed by atoms with Crippen LogP contribution in [0.5, 0.6) is 5.75 Å². The highest BCUT2D eigenvalue weighted by molar-refractivity contribution is 6.03. The minimum Gasteiger partial charge on any atom is -0.507 e. The van der Waals surface area contributed by atoms with Gasteiger partial charge in [0.1, 0.15) is 5.75 Å². The van der Waals surface area contributed by atoms with Crippen molar-refractivity contribution in [1.82, 2.24) is 10.4 Å². The van der Waals surface area contributed by atoms with E-state index in [9.17, 15) is 20.0 Å². The maximum atomic E-state index is 11.8. The van der Waals surface area contributed by atoms with Crippen LogP contribution in [0.4, 0.5) is 5.69 Å². The number of phenols is 1. The van der Waals surface area contributed by atoms with Gasteiger partial charge in [0.15, 0.2) is 0 Å². The monoisotopic (exact) mass is 300 g/mol. The standard InChI is InChI=1S/C14H12N4O4/c1-9(12-7-11(18(21)22)4-5-13(12)19)16-17-14(20)10-3-2-6-15-8-10/h2-8,19H,1H3,(H,17,20)/b16-9+. The van der Waals surface area contributed by atoms with Gasteiger partial charge in [-0.25, -0.2) is 5.43 Å². The molecule has 0 aliphatic carbocycles. The van der Waals surface area contributed by atoms with E-state index in [1.165, 1.54) is 37.5 Å². The van der Waals surface area contributed by atoms with E-state index in [1.54, 1.807) is 12.1 Å². The maximum Gasteiger partial charge on any atom is 0.272 e. The summed E-state index contributed by atoms with van der Waals surface area (Å²) in [4.78, 5) is 25.8. The average molecular weight is 300 g/mol. The number of hydrogen-bond acceptors (Lipinski definition) is 6. The predicted molar refractivity (Wildman–Crippen MR) is 78.7 cm³/mol. The molecular formula is C14H12N4O4. The number of nitrogens with zero attached hydrogens (tertiary/aromatic N) is 3. The van der Waals surface area contributed by atoms with Crippen molar-refractivity contribution in [3.63, 3.8) is 0 Å². The van der Waals surface area contributed by atoms with Crippen molar-refractivity contribution in [2.24, 2.45) is 5.10 Å². The molecule has 0 aliphatic heterocycles. The molecule has 0 atom stereocenters. The molecule has 1 aromatic heterocycles. The van der Waals surface area contributed by atoms with E-state index in [0.717, 1.165) is 0 Å². The van der Waals surface area contributed by atoms with Gasteiger partial charge in [0.25, 0.3) is 11.6 Å². The second-order valence-corrected chi connectivity index (χ2v) is 4.34. The first-order valence-corrected chi connectivity index (χ1v) is 6.21. The highest BCUT2D eigenvalue weighted by atomic mass is 16.6. The van der Waals surface area contributed by atoms with E-state index in [4.69, 9.17) is 0 Å². The molecule has 0 bridgehead atoms. The Morgan fingerprint density at radius 3 is 2.82 bits per heavy atom. The molecule has 22 heavy (non-hydrogen) atoms. The zero-order valence-electron chi connectivity index (χ0n) is 11.6. The van der Waals surface area contributed by atoms with Crippen molar-refractivity contribution in [3.8, 4) is 5.75 Å². The van der Waals surface area contributed by atoms with Crippen LogP contribution in [-0.2, 0) is 0 Å². The summed E-state index contributed by atoms with van der Waals surface area (Å²) in [7, 11) is 0. The molecule has 1 amide bonds. The van der Waals surface area contributed by atoms with Gasteiger partial charge in [-0.1, -0.05) is 0 Å². The second kappa shape index (κ2) is 6.44. The number of aromatic nitrogens is 1. The van der Waals surface area contributed by atoms with Gasteiger partial charge in [-0.2, -0.15) is 5.10 Å². The lowest BCUT2D eigenvalue weighted by Gasteiger charge is -2.05. The SMILES string of the molecule is C/C(=N\NC(=O)c1cccnc1)c1cc([N+](=O)[O-])ccc1O. The fourth-order valence-electron chi connectivity index (χ4n) is 1.68. The van der Waals surface area contributed by atoms with E-state index < -0.39 is 10.8 Å². The first-order chi connectivity index (χ1) is 10.5. The minimum atomic E-state index is -0.579. The Labute approximate surface area is 125 Å². The molecule has 0 saturated carbocycles. The van der Waals surface area contributed by atoms with Crippen LogP contribution >= 0.6 is 0 Å². The Bertz CT molecular complexity index is 744. The number of nitro groups is 1. The number of hydrazone groups is 1. The van der Waals surface area contributed by atoms with Crippen LogP contribution in [0.25, 0.3) is 0 Å². The fraction of sp³-hybridized carbons (Fsp3) is 0.0714. The topological polar surface area (TPSA) is 118 Å². The van der Waals surface area contributed by atoms with Gasteiger partial charge in [-0.05, 0) is 25.1 Å². The highest BCUT2D eigenvalue weighted by Gasteiger charge is 2.13. The van der Waals surface area contributed by atoms with Gasteiger partial charge in [-0.15, -0.1) is 0 Å². The van der Waals surface area contributed by atoms with E-state index in [2.05, 4.69) is 15.5 Å². The zero-order valence-corrected chi connectivity index (χ0v) is 11.6. The highest BCUT2D eigenvalue weighted by Crippen LogP contribution is 2.23. The fourth-order valence-corrected chi connectivity index (χ4v) is 1.68. The van der Waals surface area contributed by atoms with Gasteiger partial charge in [0.2, 0.25) is 0 Å². The summed E-state index contributed by atoms with van der Waals surface area (Å²) in [5, 5.41) is 24.3. The largest absolute Gasteiger partial charge is 0.507 e. The van der Waals surface area contributed by atoms with Crippen molar-refractivity contribution >= 4 is 17.3 Å². The summed E-state index contributed by atoms with van der Waals surface area (Å²) in [6.07, 6.45) is 2.91. The van der Waals surface area contributed by atoms with Gasteiger partial charge < -0.3 is 5.11 Å². The normalized spacial score (nSPS) is 11.0. The molecule has 112 valence electrons. The predicted octanol–water partition coefficient (Wildman–Crippen LogP) is 1.85. The zero-order chi connectivity index (χ0) is 16.1. The molecule has 0 saturated heterocycles. The molecular weight excluding hydrogens is 288 g/mol. The van der Waals surface area contributed by atoms with E-state index in [1.807, 2.05) is 0 Å². The van der Waals surface area contributed by atoms with Crippen LogP contribution in [0, 0.1) is 10.1 Å². The summed E-state index contributed by atoms with van der Waals surface area (Å²) in [6.45, 7) is 1.52. The summed E-state index contributed by atoms with van der Waals surface area (Å²) in [5.74, 6) is -0.639. The number of aromatic hydroxyl groups is 1. The first kappa shape index (κ1) is 15.1. The quantitative estimate of drug-likeness (QED) is 0.507. The number of non-ortho nitro benzene ring substituents is 1. The second-order valence-electron chi connectivity index (χ2n) is 4.34. The van der Waals surface area contributed by atoms with Crippen LogP contribution in [0.2, 0.25) is 0 Å². The number of hydrogen-bond donors (Lipinski definition) is 2. The summed E-state index contributed by atoms with van der Waals surface area (Å²) in [6, 6.07) is 6.75. The molecule has 0 unspecified atom stereocenters. The lowest BCUT2D eigenvalue weighted by Crippen LogP contribution is -2.19. The molecule has 0 radical (unpaired) electrons. The van der Waals surface area contributed by atoms with Crippen LogP contribution in [0.3, 0.4) is 0 Å². The van der Waals surface area contributed by atoms with Crippen LogP contribution in [-0.4, -0.2) is 26.6 Å². The number of benzene rings is 1. The van der Waals surface area contributed by atoms with Crippen LogP contribution in [0.1, 0.15) is 22.8 Å². The Morgan fingerprint density at radius 2 is 2.18 bits per heavy atom. The van der Waals surface area contributed by atoms with Crippen LogP contribution < -0.4 is 5.43 Å². The van der Waals surface area contributed by atoms with Gasteiger partial charge in [-0.3, -0.25) is 19.9 Å². The van der Waals surface area contributed by atoms with Gasteiger partial charge >= 0.3 is 0 Å². The third kappa shape index (κ3) is 3.42. The number of amides is 1. The summed E-state index contributed by atoms with van der Waals surface area (Å²) < 4.78 is 0. The number of carbonyl (C=O) groups is 1. The van der Waals surface area contributed by atoms with Gasteiger partial charge in [0.05, 0.1) is 16.2 Å². The van der Waals surface area contributed by atoms with E-state index >= 15 is 0 Å². The number of rotatable bonds is 4. The molecule has 0 aliphatic rings. The maximum absolute atomic E-state index is 11.8. The molecule has 2 N–H and O–H groups in total. The van der Waals surface area contributed by atoms with Gasteiger partial charge in [0, 0.05) is 30.1 Å². The molecule has 8 nitrogen and oxygen atoms in total. The molecule has 0 fully saturated rings. The van der Waals surface area contributed by atoms with E-state index in [0.29, 0.717) is 5.56 Å². The molecule has 0 spiro atoms. The smallest absolute Gasteiger partial charge is 0.272 e. The Balaban J connectivity index is 2.21. The average Bonchev–Trinajstić information content (AvgIpc) is 2.53.